The number of anilines is 2. The number of hydrogen-bond acceptors (Lipinski definition) is 3. The van der Waals surface area contributed by atoms with E-state index in [4.69, 9.17) is 0 Å². The molecule has 2 aliphatic rings. The highest BCUT2D eigenvalue weighted by Gasteiger charge is 2.50. The van der Waals surface area contributed by atoms with E-state index in [0.29, 0.717) is 22.7 Å². The van der Waals surface area contributed by atoms with E-state index in [0.717, 1.165) is 12.1 Å². The Labute approximate surface area is 176 Å². The Morgan fingerprint density at radius 1 is 1.06 bits per heavy atom. The van der Waals surface area contributed by atoms with Crippen LogP contribution in [0.2, 0.25) is 0 Å². The molecule has 1 aliphatic carbocycles. The number of nitrogens with one attached hydrogen (secondary N) is 1. The van der Waals surface area contributed by atoms with Gasteiger partial charge in [0.25, 0.3) is 0 Å². The second kappa shape index (κ2) is 7.21. The van der Waals surface area contributed by atoms with Gasteiger partial charge in [-0.25, -0.2) is 4.39 Å². The van der Waals surface area contributed by atoms with Crippen molar-refractivity contribution in [1.82, 2.24) is 0 Å². The van der Waals surface area contributed by atoms with Crippen molar-refractivity contribution in [2.45, 2.75) is 38.9 Å². The van der Waals surface area contributed by atoms with Gasteiger partial charge in [0.1, 0.15) is 5.82 Å². The number of nitrogens with zero attached hydrogens (tertiary/aromatic N) is 1. The Bertz CT molecular complexity index is 1090. The number of ketones is 1. The van der Waals surface area contributed by atoms with Crippen LogP contribution in [0.1, 0.15) is 38.3 Å². The highest BCUT2D eigenvalue weighted by Crippen LogP contribution is 2.49. The lowest BCUT2D eigenvalue weighted by Crippen LogP contribution is -2.45. The third-order valence-electron chi connectivity index (χ3n) is 5.55. The summed E-state index contributed by atoms with van der Waals surface area (Å²) in [6.07, 6.45) is -4.64. The molecule has 162 valence electrons. The molecule has 1 aliphatic heterocycles. The van der Waals surface area contributed by atoms with Crippen LogP contribution >= 0.6 is 0 Å². The van der Waals surface area contributed by atoms with E-state index >= 15 is 0 Å². The number of allylic oxidation sites excluding steroid dienone is 1. The average Bonchev–Trinajstić information content (AvgIpc) is 2.80. The smallest absolute Gasteiger partial charge is 0.357 e. The number of Topliss-reactive ketones (excluding diaryl/α,β-unsaturated/α-hetero) is 1. The van der Waals surface area contributed by atoms with Crippen LogP contribution < -0.4 is 10.2 Å². The van der Waals surface area contributed by atoms with Gasteiger partial charge in [-0.15, -0.1) is 0 Å². The summed E-state index contributed by atoms with van der Waals surface area (Å²) in [4.78, 5) is 26.5. The topological polar surface area (TPSA) is 49.4 Å². The van der Waals surface area contributed by atoms with Gasteiger partial charge in [-0.1, -0.05) is 38.1 Å². The predicted octanol–water partition coefficient (Wildman–Crippen LogP) is 5.53. The minimum absolute atomic E-state index is 0.000781. The SMILES string of the molecule is CC1(C)CC(=O)C2=C(C1)Nc1ccccc1N(C(=O)C(F)(F)F)[C@H]2c1ccc(F)cc1. The molecule has 4 rings (SSSR count). The van der Waals surface area contributed by atoms with E-state index in [2.05, 4.69) is 5.32 Å². The molecule has 2 aromatic rings. The zero-order valence-corrected chi connectivity index (χ0v) is 16.9. The first-order valence-electron chi connectivity index (χ1n) is 9.76. The molecule has 8 heteroatoms. The summed E-state index contributed by atoms with van der Waals surface area (Å²) < 4.78 is 54.6. The van der Waals surface area contributed by atoms with Crippen molar-refractivity contribution in [3.8, 4) is 0 Å². The molecule has 2 aromatic carbocycles. The van der Waals surface area contributed by atoms with E-state index in [-0.39, 0.29) is 29.0 Å². The van der Waals surface area contributed by atoms with Crippen molar-refractivity contribution in [1.29, 1.82) is 0 Å². The number of rotatable bonds is 1. The molecule has 0 bridgehead atoms. The van der Waals surface area contributed by atoms with Crippen molar-refractivity contribution in [3.63, 3.8) is 0 Å². The van der Waals surface area contributed by atoms with Crippen LogP contribution in [0.15, 0.2) is 59.8 Å². The fourth-order valence-electron chi connectivity index (χ4n) is 4.31. The molecule has 0 aromatic heterocycles. The maximum atomic E-state index is 13.7. The Hall–Kier alpha value is -3.16. The molecule has 0 saturated carbocycles. The van der Waals surface area contributed by atoms with Gasteiger partial charge in [-0.2, -0.15) is 13.2 Å². The van der Waals surface area contributed by atoms with Gasteiger partial charge >= 0.3 is 12.1 Å². The van der Waals surface area contributed by atoms with Gasteiger partial charge < -0.3 is 5.32 Å². The fourth-order valence-corrected chi connectivity index (χ4v) is 4.31. The average molecular weight is 432 g/mol. The van der Waals surface area contributed by atoms with Gasteiger partial charge in [-0.05, 0) is 41.7 Å². The lowest BCUT2D eigenvalue weighted by Gasteiger charge is -2.37. The Balaban J connectivity index is 2.03. The van der Waals surface area contributed by atoms with Crippen molar-refractivity contribution >= 4 is 23.1 Å². The fraction of sp³-hybridized carbons (Fsp3) is 0.304. The number of para-hydroxylation sites is 2. The van der Waals surface area contributed by atoms with E-state index in [1.165, 1.54) is 24.3 Å². The van der Waals surface area contributed by atoms with Crippen molar-refractivity contribution in [3.05, 3.63) is 71.2 Å². The summed E-state index contributed by atoms with van der Waals surface area (Å²) in [5, 5.41) is 3.12. The first-order chi connectivity index (χ1) is 14.5. The van der Waals surface area contributed by atoms with E-state index in [1.807, 2.05) is 13.8 Å². The summed E-state index contributed by atoms with van der Waals surface area (Å²) >= 11 is 0. The van der Waals surface area contributed by atoms with Crippen LogP contribution in [0.25, 0.3) is 0 Å². The number of carbonyl (C=O) groups is 2. The van der Waals surface area contributed by atoms with Crippen molar-refractivity contribution in [2.75, 3.05) is 10.2 Å². The number of benzene rings is 2. The van der Waals surface area contributed by atoms with Crippen LogP contribution in [-0.4, -0.2) is 17.9 Å². The highest BCUT2D eigenvalue weighted by atomic mass is 19.4. The molecule has 31 heavy (non-hydrogen) atoms. The lowest BCUT2D eigenvalue weighted by molar-refractivity contribution is -0.170. The molecule has 0 unspecified atom stereocenters. The molecule has 1 amide bonds. The molecule has 1 N–H and O–H groups in total. The summed E-state index contributed by atoms with van der Waals surface area (Å²) in [6, 6.07) is 9.60. The monoisotopic (exact) mass is 432 g/mol. The Morgan fingerprint density at radius 3 is 2.35 bits per heavy atom. The van der Waals surface area contributed by atoms with Crippen LogP contribution in [0, 0.1) is 11.2 Å². The van der Waals surface area contributed by atoms with Gasteiger partial charge in [-0.3, -0.25) is 14.5 Å². The van der Waals surface area contributed by atoms with Crippen molar-refractivity contribution < 1.29 is 27.2 Å². The zero-order valence-electron chi connectivity index (χ0n) is 16.9. The Kier molecular flexibility index (Phi) is 4.91. The maximum absolute atomic E-state index is 13.7. The van der Waals surface area contributed by atoms with Crippen molar-refractivity contribution in [2.24, 2.45) is 5.41 Å². The predicted molar refractivity (Wildman–Crippen MR) is 108 cm³/mol. The van der Waals surface area contributed by atoms with Gasteiger partial charge in [0.15, 0.2) is 5.78 Å². The highest BCUT2D eigenvalue weighted by molar-refractivity contribution is 6.07. The quantitative estimate of drug-likeness (QED) is 0.603. The lowest BCUT2D eigenvalue weighted by atomic mass is 9.73. The molecule has 1 heterocycles. The second-order valence-corrected chi connectivity index (χ2v) is 8.60. The third kappa shape index (κ3) is 3.82. The van der Waals surface area contributed by atoms with Crippen LogP contribution in [-0.2, 0) is 9.59 Å². The van der Waals surface area contributed by atoms with Crippen LogP contribution in [0.3, 0.4) is 0 Å². The first-order valence-corrected chi connectivity index (χ1v) is 9.76. The number of carbonyl (C=O) groups excluding carboxylic acids is 2. The van der Waals surface area contributed by atoms with Crippen LogP contribution in [0.5, 0.6) is 0 Å². The molecule has 4 nitrogen and oxygen atoms in total. The molecule has 0 spiro atoms. The number of halogens is 4. The normalized spacial score (nSPS) is 20.5. The van der Waals surface area contributed by atoms with Gasteiger partial charge in [0.05, 0.1) is 17.4 Å². The third-order valence-corrected chi connectivity index (χ3v) is 5.55. The second-order valence-electron chi connectivity index (χ2n) is 8.60. The number of hydrogen-bond donors (Lipinski definition) is 1. The van der Waals surface area contributed by atoms with E-state index in [9.17, 15) is 27.2 Å². The number of fused-ring (bicyclic) bond motifs is 1. The maximum Gasteiger partial charge on any atom is 0.471 e. The van der Waals surface area contributed by atoms with E-state index in [1.54, 1.807) is 12.1 Å². The number of amides is 1. The summed E-state index contributed by atoms with van der Waals surface area (Å²) in [5.74, 6) is -3.02. The van der Waals surface area contributed by atoms with Crippen LogP contribution in [0.4, 0.5) is 28.9 Å². The Morgan fingerprint density at radius 2 is 1.71 bits per heavy atom. The summed E-state index contributed by atoms with van der Waals surface area (Å²) in [5.41, 5.74) is 0.675. The summed E-state index contributed by atoms with van der Waals surface area (Å²) in [6.45, 7) is 3.80. The molecule has 0 fully saturated rings. The van der Waals surface area contributed by atoms with E-state index < -0.39 is 29.4 Å². The minimum atomic E-state index is -5.17. The molecule has 0 saturated heterocycles. The van der Waals surface area contributed by atoms with Gasteiger partial charge in [0, 0.05) is 17.7 Å². The minimum Gasteiger partial charge on any atom is -0.357 e. The number of alkyl halides is 3. The molecule has 0 radical (unpaired) electrons. The largest absolute Gasteiger partial charge is 0.471 e. The zero-order chi connectivity index (χ0) is 22.6. The molecular formula is C23H20F4N2O2. The molecular weight excluding hydrogens is 412 g/mol. The first kappa shape index (κ1) is 21.1. The van der Waals surface area contributed by atoms with Gasteiger partial charge in [0.2, 0.25) is 0 Å². The standard InChI is InChI=1S/C23H20F4N2O2/c1-22(2)11-16-19(18(30)12-22)20(13-7-9-14(24)10-8-13)29(21(31)23(25,26)27)17-6-4-3-5-15(17)28-16/h3-10,20,28H,11-12H2,1-2H3/t20-/m0/s1. The molecule has 1 atom stereocenters. The summed E-state index contributed by atoms with van der Waals surface area (Å²) in [7, 11) is 0.